The third-order valence-corrected chi connectivity index (χ3v) is 3.80. The second-order valence-electron chi connectivity index (χ2n) is 4.71. The molecule has 0 aromatic rings. The third kappa shape index (κ3) is 1.17. The first kappa shape index (κ1) is 7.34. The van der Waals surface area contributed by atoms with Crippen molar-refractivity contribution in [3.8, 4) is 0 Å². The minimum Gasteiger partial charge on any atom is -0.316 e. The first-order valence-electron chi connectivity index (χ1n) is 5.38. The van der Waals surface area contributed by atoms with E-state index in [1.54, 1.807) is 0 Å². The van der Waals surface area contributed by atoms with E-state index in [1.165, 1.54) is 45.4 Å². The quantitative estimate of drug-likeness (QED) is 0.649. The molecule has 3 aliphatic rings. The Bertz CT molecular complexity index is 175. The van der Waals surface area contributed by atoms with Crippen molar-refractivity contribution < 1.29 is 0 Å². The molecule has 3 unspecified atom stereocenters. The van der Waals surface area contributed by atoms with Crippen LogP contribution in [0.3, 0.4) is 0 Å². The molecule has 2 saturated heterocycles. The van der Waals surface area contributed by atoms with Gasteiger partial charge in [-0.25, -0.2) is 0 Å². The zero-order valence-electron chi connectivity index (χ0n) is 7.63. The minimum atomic E-state index is 0.962. The zero-order chi connectivity index (χ0) is 7.97. The molecular weight excluding hydrogens is 148 g/mol. The Labute approximate surface area is 74.3 Å². The maximum atomic E-state index is 3.45. The molecule has 2 heterocycles. The van der Waals surface area contributed by atoms with E-state index in [0.29, 0.717) is 0 Å². The summed E-state index contributed by atoms with van der Waals surface area (Å²) >= 11 is 0. The lowest BCUT2D eigenvalue weighted by molar-refractivity contribution is 0.257. The predicted octanol–water partition coefficient (Wildman–Crippen LogP) is 0.690. The van der Waals surface area contributed by atoms with Crippen molar-refractivity contribution in [2.45, 2.75) is 25.3 Å². The Morgan fingerprint density at radius 2 is 2.33 bits per heavy atom. The average Bonchev–Trinajstić information content (AvgIpc) is 2.54. The van der Waals surface area contributed by atoms with Gasteiger partial charge in [0.15, 0.2) is 0 Å². The second-order valence-corrected chi connectivity index (χ2v) is 4.71. The first-order chi connectivity index (χ1) is 5.93. The van der Waals surface area contributed by atoms with Crippen molar-refractivity contribution in [3.05, 3.63) is 0 Å². The predicted molar refractivity (Wildman–Crippen MR) is 49.1 cm³/mol. The molecule has 0 amide bonds. The molecule has 2 aliphatic heterocycles. The van der Waals surface area contributed by atoms with Crippen LogP contribution in [0.1, 0.15) is 19.3 Å². The van der Waals surface area contributed by atoms with E-state index in [1.807, 2.05) is 0 Å². The van der Waals surface area contributed by atoms with E-state index < -0.39 is 0 Å². The van der Waals surface area contributed by atoms with Gasteiger partial charge in [-0.05, 0) is 50.7 Å². The van der Waals surface area contributed by atoms with Crippen molar-refractivity contribution in [3.63, 3.8) is 0 Å². The van der Waals surface area contributed by atoms with Gasteiger partial charge in [0.05, 0.1) is 0 Å². The highest BCUT2D eigenvalue weighted by atomic mass is 15.2. The Morgan fingerprint density at radius 1 is 1.33 bits per heavy atom. The SMILES string of the molecule is C1CC(CN2CCC3CC32)CN1. The Kier molecular flexibility index (Phi) is 1.66. The molecule has 1 N–H and O–H groups in total. The molecule has 0 bridgehead atoms. The van der Waals surface area contributed by atoms with Crippen molar-refractivity contribution >= 4 is 0 Å². The lowest BCUT2D eigenvalue weighted by Gasteiger charge is -2.21. The Hall–Kier alpha value is -0.0800. The molecule has 2 heteroatoms. The fraction of sp³-hybridized carbons (Fsp3) is 1.00. The van der Waals surface area contributed by atoms with E-state index >= 15 is 0 Å². The van der Waals surface area contributed by atoms with Crippen LogP contribution in [0.5, 0.6) is 0 Å². The number of nitrogens with zero attached hydrogens (tertiary/aromatic N) is 1. The molecule has 3 fully saturated rings. The molecule has 3 atom stereocenters. The number of likely N-dealkylation sites (tertiary alicyclic amines) is 1. The van der Waals surface area contributed by atoms with Crippen molar-refractivity contribution in [1.82, 2.24) is 10.2 Å². The standard InChI is InChI=1S/C10H18N2/c1-3-11-6-8(1)7-12-4-2-9-5-10(9)12/h8-11H,1-7H2. The maximum Gasteiger partial charge on any atom is 0.0128 e. The van der Waals surface area contributed by atoms with Crippen molar-refractivity contribution in [1.29, 1.82) is 0 Å². The van der Waals surface area contributed by atoms with Gasteiger partial charge in [0.25, 0.3) is 0 Å². The van der Waals surface area contributed by atoms with Gasteiger partial charge in [-0.3, -0.25) is 4.90 Å². The van der Waals surface area contributed by atoms with Crippen LogP contribution in [0.25, 0.3) is 0 Å². The van der Waals surface area contributed by atoms with E-state index in [9.17, 15) is 0 Å². The summed E-state index contributed by atoms with van der Waals surface area (Å²) in [5.41, 5.74) is 0. The van der Waals surface area contributed by atoms with Crippen LogP contribution in [0, 0.1) is 11.8 Å². The molecular formula is C10H18N2. The van der Waals surface area contributed by atoms with Crippen LogP contribution >= 0.6 is 0 Å². The summed E-state index contributed by atoms with van der Waals surface area (Å²) in [7, 11) is 0. The van der Waals surface area contributed by atoms with Crippen LogP contribution in [-0.2, 0) is 0 Å². The summed E-state index contributed by atoms with van der Waals surface area (Å²) in [4.78, 5) is 2.74. The van der Waals surface area contributed by atoms with Crippen molar-refractivity contribution in [2.24, 2.45) is 11.8 Å². The van der Waals surface area contributed by atoms with Crippen LogP contribution in [0.15, 0.2) is 0 Å². The number of rotatable bonds is 2. The molecule has 12 heavy (non-hydrogen) atoms. The van der Waals surface area contributed by atoms with Crippen LogP contribution < -0.4 is 5.32 Å². The lowest BCUT2D eigenvalue weighted by atomic mass is 10.1. The van der Waals surface area contributed by atoms with Crippen LogP contribution in [0.4, 0.5) is 0 Å². The third-order valence-electron chi connectivity index (χ3n) is 3.80. The van der Waals surface area contributed by atoms with Gasteiger partial charge < -0.3 is 5.32 Å². The highest BCUT2D eigenvalue weighted by Crippen LogP contribution is 2.44. The summed E-state index contributed by atoms with van der Waals surface area (Å²) in [5.74, 6) is 2.07. The van der Waals surface area contributed by atoms with Gasteiger partial charge >= 0.3 is 0 Å². The molecule has 1 aliphatic carbocycles. The highest BCUT2D eigenvalue weighted by Gasteiger charge is 2.46. The molecule has 0 spiro atoms. The molecule has 0 aromatic carbocycles. The molecule has 0 aromatic heterocycles. The van der Waals surface area contributed by atoms with Gasteiger partial charge in [-0.2, -0.15) is 0 Å². The fourth-order valence-corrected chi connectivity index (χ4v) is 2.92. The topological polar surface area (TPSA) is 15.3 Å². The molecule has 0 radical (unpaired) electrons. The van der Waals surface area contributed by atoms with E-state index in [-0.39, 0.29) is 0 Å². The molecule has 68 valence electrons. The van der Waals surface area contributed by atoms with Crippen molar-refractivity contribution in [2.75, 3.05) is 26.2 Å². The number of nitrogens with one attached hydrogen (secondary N) is 1. The van der Waals surface area contributed by atoms with Crippen LogP contribution in [0.2, 0.25) is 0 Å². The summed E-state index contributed by atoms with van der Waals surface area (Å²) < 4.78 is 0. The number of hydrogen-bond acceptors (Lipinski definition) is 2. The molecule has 3 rings (SSSR count). The summed E-state index contributed by atoms with van der Waals surface area (Å²) in [6.45, 7) is 5.31. The number of hydrogen-bond donors (Lipinski definition) is 1. The average molecular weight is 166 g/mol. The van der Waals surface area contributed by atoms with E-state index in [2.05, 4.69) is 10.2 Å². The Morgan fingerprint density at radius 3 is 2.92 bits per heavy atom. The van der Waals surface area contributed by atoms with E-state index in [4.69, 9.17) is 0 Å². The van der Waals surface area contributed by atoms with Gasteiger partial charge in [-0.1, -0.05) is 0 Å². The zero-order valence-corrected chi connectivity index (χ0v) is 7.63. The van der Waals surface area contributed by atoms with Gasteiger partial charge in [0.2, 0.25) is 0 Å². The Balaban J connectivity index is 1.53. The fourth-order valence-electron chi connectivity index (χ4n) is 2.92. The van der Waals surface area contributed by atoms with Gasteiger partial charge in [0, 0.05) is 12.6 Å². The highest BCUT2D eigenvalue weighted by molar-refractivity contribution is 5.01. The smallest absolute Gasteiger partial charge is 0.0128 e. The molecule has 2 nitrogen and oxygen atoms in total. The lowest BCUT2D eigenvalue weighted by Crippen LogP contribution is -2.30. The number of piperidine rings is 1. The molecule has 1 saturated carbocycles. The second kappa shape index (κ2) is 2.71. The largest absolute Gasteiger partial charge is 0.316 e. The monoisotopic (exact) mass is 166 g/mol. The summed E-state index contributed by atoms with van der Waals surface area (Å²) in [5, 5.41) is 3.45. The van der Waals surface area contributed by atoms with E-state index in [0.717, 1.165) is 17.9 Å². The van der Waals surface area contributed by atoms with Gasteiger partial charge in [0.1, 0.15) is 0 Å². The van der Waals surface area contributed by atoms with Crippen LogP contribution in [-0.4, -0.2) is 37.1 Å². The number of fused-ring (bicyclic) bond motifs is 1. The normalized spacial score (nSPS) is 46.5. The summed E-state index contributed by atoms with van der Waals surface area (Å²) in [6, 6.07) is 1.02. The summed E-state index contributed by atoms with van der Waals surface area (Å²) in [6.07, 6.45) is 4.42. The first-order valence-corrected chi connectivity index (χ1v) is 5.38. The maximum absolute atomic E-state index is 3.45. The minimum absolute atomic E-state index is 0.962. The van der Waals surface area contributed by atoms with Gasteiger partial charge in [-0.15, -0.1) is 0 Å².